The lowest BCUT2D eigenvalue weighted by atomic mass is 10.1. The molecule has 0 aliphatic heterocycles. The van der Waals surface area contributed by atoms with Gasteiger partial charge in [-0.3, -0.25) is 4.79 Å². The van der Waals surface area contributed by atoms with Gasteiger partial charge in [-0.05, 0) is 19.8 Å². The van der Waals surface area contributed by atoms with E-state index in [1.165, 1.54) is 6.33 Å². The van der Waals surface area contributed by atoms with Crippen LogP contribution in [-0.2, 0) is 4.79 Å². The first kappa shape index (κ1) is 13.0. The highest BCUT2D eigenvalue weighted by Crippen LogP contribution is 2.25. The second kappa shape index (κ2) is 5.95. The van der Waals surface area contributed by atoms with Crippen molar-refractivity contribution >= 4 is 5.91 Å². The third kappa shape index (κ3) is 2.69. The van der Waals surface area contributed by atoms with Crippen molar-refractivity contribution in [2.24, 2.45) is 0 Å². The van der Waals surface area contributed by atoms with Gasteiger partial charge in [0.2, 0.25) is 5.91 Å². The van der Waals surface area contributed by atoms with E-state index in [1.54, 1.807) is 15.9 Å². The van der Waals surface area contributed by atoms with Crippen LogP contribution in [0.2, 0.25) is 0 Å². The van der Waals surface area contributed by atoms with Crippen LogP contribution in [-0.4, -0.2) is 49.9 Å². The molecule has 0 bridgehead atoms. The van der Waals surface area contributed by atoms with Crippen molar-refractivity contribution in [2.45, 2.75) is 44.7 Å². The fourth-order valence-corrected chi connectivity index (χ4v) is 2.57. The highest BCUT2D eigenvalue weighted by Gasteiger charge is 2.29. The van der Waals surface area contributed by atoms with E-state index < -0.39 is 0 Å². The molecule has 0 spiro atoms. The molecule has 18 heavy (non-hydrogen) atoms. The van der Waals surface area contributed by atoms with Gasteiger partial charge in [-0.25, -0.2) is 9.67 Å². The Bertz CT molecular complexity index is 373. The number of rotatable bonds is 5. The normalized spacial score (nSPS) is 17.9. The molecule has 6 nitrogen and oxygen atoms in total. The molecule has 1 amide bonds. The van der Waals surface area contributed by atoms with E-state index in [-0.39, 0.29) is 24.6 Å². The molecule has 1 fully saturated rings. The van der Waals surface area contributed by atoms with Gasteiger partial charge in [0.15, 0.2) is 0 Å². The molecule has 0 saturated heterocycles. The fraction of sp³-hybridized carbons (Fsp3) is 0.750. The van der Waals surface area contributed by atoms with Crippen LogP contribution in [0.4, 0.5) is 0 Å². The summed E-state index contributed by atoms with van der Waals surface area (Å²) in [5, 5.41) is 13.1. The lowest BCUT2D eigenvalue weighted by molar-refractivity contribution is -0.137. The van der Waals surface area contributed by atoms with E-state index >= 15 is 0 Å². The number of amides is 1. The monoisotopic (exact) mass is 252 g/mol. The fourth-order valence-electron chi connectivity index (χ4n) is 2.57. The zero-order valence-electron chi connectivity index (χ0n) is 10.7. The van der Waals surface area contributed by atoms with Crippen molar-refractivity contribution in [3.63, 3.8) is 0 Å². The molecule has 1 aromatic rings. The Hall–Kier alpha value is -1.43. The van der Waals surface area contributed by atoms with E-state index in [0.717, 1.165) is 25.7 Å². The second-order valence-electron chi connectivity index (χ2n) is 4.74. The van der Waals surface area contributed by atoms with Crippen molar-refractivity contribution < 1.29 is 9.90 Å². The van der Waals surface area contributed by atoms with E-state index in [4.69, 9.17) is 5.11 Å². The van der Waals surface area contributed by atoms with Crippen LogP contribution in [0.15, 0.2) is 12.7 Å². The molecule has 0 radical (unpaired) electrons. The Morgan fingerprint density at radius 3 is 2.83 bits per heavy atom. The maximum absolute atomic E-state index is 12.4. The largest absolute Gasteiger partial charge is 0.395 e. The summed E-state index contributed by atoms with van der Waals surface area (Å²) in [6.07, 6.45) is 7.38. The number of nitrogens with zero attached hydrogens (tertiary/aromatic N) is 4. The quantitative estimate of drug-likeness (QED) is 0.833. The van der Waals surface area contributed by atoms with Crippen molar-refractivity contribution in [3.8, 4) is 0 Å². The highest BCUT2D eigenvalue weighted by molar-refractivity contribution is 5.80. The third-order valence-corrected chi connectivity index (χ3v) is 3.58. The van der Waals surface area contributed by atoms with Gasteiger partial charge in [0, 0.05) is 12.6 Å². The maximum atomic E-state index is 12.4. The van der Waals surface area contributed by atoms with Gasteiger partial charge in [-0.15, -0.1) is 0 Å². The lowest BCUT2D eigenvalue weighted by Gasteiger charge is -2.30. The van der Waals surface area contributed by atoms with Gasteiger partial charge >= 0.3 is 0 Å². The maximum Gasteiger partial charge on any atom is 0.247 e. The average molecular weight is 252 g/mol. The summed E-state index contributed by atoms with van der Waals surface area (Å²) in [5.74, 6) is 0.0152. The van der Waals surface area contributed by atoms with Gasteiger partial charge in [0.25, 0.3) is 0 Å². The molecule has 1 aliphatic rings. The number of hydrogen-bond donors (Lipinski definition) is 1. The zero-order valence-corrected chi connectivity index (χ0v) is 10.7. The molecular weight excluding hydrogens is 232 g/mol. The number of carbonyl (C=O) groups is 1. The van der Waals surface area contributed by atoms with Crippen molar-refractivity contribution in [3.05, 3.63) is 12.7 Å². The molecule has 2 rings (SSSR count). The molecule has 6 heteroatoms. The molecule has 1 aliphatic carbocycles. The number of hydrogen-bond acceptors (Lipinski definition) is 4. The number of aromatic nitrogens is 3. The van der Waals surface area contributed by atoms with Crippen molar-refractivity contribution in [1.29, 1.82) is 0 Å². The highest BCUT2D eigenvalue weighted by atomic mass is 16.3. The van der Waals surface area contributed by atoms with E-state index in [2.05, 4.69) is 10.1 Å². The summed E-state index contributed by atoms with van der Waals surface area (Å²) in [6, 6.07) is -0.0877. The van der Waals surface area contributed by atoms with Crippen LogP contribution in [0.25, 0.3) is 0 Å². The smallest absolute Gasteiger partial charge is 0.247 e. The summed E-state index contributed by atoms with van der Waals surface area (Å²) >= 11 is 0. The summed E-state index contributed by atoms with van der Waals surface area (Å²) < 4.78 is 1.56. The molecule has 0 aromatic carbocycles. The summed E-state index contributed by atoms with van der Waals surface area (Å²) in [5.41, 5.74) is 0. The minimum atomic E-state index is -0.361. The molecule has 1 atom stereocenters. The molecule has 1 N–H and O–H groups in total. The molecule has 100 valence electrons. The first-order chi connectivity index (χ1) is 8.74. The van der Waals surface area contributed by atoms with Gasteiger partial charge in [0.05, 0.1) is 6.61 Å². The van der Waals surface area contributed by atoms with E-state index in [9.17, 15) is 4.79 Å². The number of aliphatic hydroxyl groups excluding tert-OH is 1. The molecule has 1 aromatic heterocycles. The minimum Gasteiger partial charge on any atom is -0.395 e. The topological polar surface area (TPSA) is 71.2 Å². The SMILES string of the molecule is CC(C(=O)N(CCO)C1CCCC1)n1cncn1. The van der Waals surface area contributed by atoms with Crippen LogP contribution in [0, 0.1) is 0 Å². The standard InChI is InChI=1S/C12H20N4O2/c1-10(16-9-13-8-14-16)12(18)15(6-7-17)11-4-2-3-5-11/h8-11,17H,2-7H2,1H3. The van der Waals surface area contributed by atoms with Crippen LogP contribution < -0.4 is 0 Å². The average Bonchev–Trinajstić information content (AvgIpc) is 3.05. The van der Waals surface area contributed by atoms with Crippen molar-refractivity contribution in [2.75, 3.05) is 13.2 Å². The Kier molecular flexibility index (Phi) is 4.30. The first-order valence-electron chi connectivity index (χ1n) is 6.49. The Morgan fingerprint density at radius 1 is 1.56 bits per heavy atom. The van der Waals surface area contributed by atoms with Crippen LogP contribution in [0.1, 0.15) is 38.6 Å². The zero-order chi connectivity index (χ0) is 13.0. The lowest BCUT2D eigenvalue weighted by Crippen LogP contribution is -2.44. The summed E-state index contributed by atoms with van der Waals surface area (Å²) in [7, 11) is 0. The Morgan fingerprint density at radius 2 is 2.28 bits per heavy atom. The Balaban J connectivity index is 2.07. The van der Waals surface area contributed by atoms with Gasteiger partial charge in [-0.2, -0.15) is 5.10 Å². The van der Waals surface area contributed by atoms with Gasteiger partial charge in [0.1, 0.15) is 18.7 Å². The Labute approximate surface area is 107 Å². The molecule has 1 heterocycles. The van der Waals surface area contributed by atoms with Crippen LogP contribution in [0.5, 0.6) is 0 Å². The van der Waals surface area contributed by atoms with Gasteiger partial charge < -0.3 is 10.0 Å². The predicted octanol–water partition coefficient (Wildman–Crippen LogP) is 0.603. The molecular formula is C12H20N4O2. The molecule has 1 unspecified atom stereocenters. The van der Waals surface area contributed by atoms with E-state index in [0.29, 0.717) is 6.54 Å². The minimum absolute atomic E-state index is 0.00627. The summed E-state index contributed by atoms with van der Waals surface area (Å²) in [4.78, 5) is 18.1. The molecule has 1 saturated carbocycles. The number of carbonyl (C=O) groups excluding carboxylic acids is 1. The van der Waals surface area contributed by atoms with Crippen LogP contribution in [0.3, 0.4) is 0 Å². The van der Waals surface area contributed by atoms with E-state index in [1.807, 2.05) is 6.92 Å². The first-order valence-corrected chi connectivity index (χ1v) is 6.49. The third-order valence-electron chi connectivity index (χ3n) is 3.58. The predicted molar refractivity (Wildman–Crippen MR) is 65.8 cm³/mol. The number of aliphatic hydroxyl groups is 1. The van der Waals surface area contributed by atoms with Gasteiger partial charge in [-0.1, -0.05) is 12.8 Å². The second-order valence-corrected chi connectivity index (χ2v) is 4.74. The van der Waals surface area contributed by atoms with Crippen LogP contribution >= 0.6 is 0 Å². The summed E-state index contributed by atoms with van der Waals surface area (Å²) in [6.45, 7) is 2.23. The van der Waals surface area contributed by atoms with Crippen molar-refractivity contribution in [1.82, 2.24) is 19.7 Å².